The minimum absolute atomic E-state index is 0.201. The zero-order valence-electron chi connectivity index (χ0n) is 9.32. The predicted molar refractivity (Wildman–Crippen MR) is 68.5 cm³/mol. The van der Waals surface area contributed by atoms with Gasteiger partial charge in [0.25, 0.3) is 0 Å². The van der Waals surface area contributed by atoms with Crippen LogP contribution >= 0.6 is 15.9 Å². The highest BCUT2D eigenvalue weighted by Crippen LogP contribution is 2.24. The number of anilines is 2. The summed E-state index contributed by atoms with van der Waals surface area (Å²) in [6.45, 7) is 0. The minimum atomic E-state index is -1.39. The molecule has 0 saturated carbocycles. The number of aromatic nitrogens is 1. The molecule has 0 saturated heterocycles. The van der Waals surface area contributed by atoms with Crippen LogP contribution in [-0.2, 0) is 0 Å². The second kappa shape index (κ2) is 5.31. The molecule has 1 heterocycles. The van der Waals surface area contributed by atoms with Crippen LogP contribution in [0.1, 0.15) is 10.4 Å². The van der Waals surface area contributed by atoms with Gasteiger partial charge in [-0.05, 0) is 40.2 Å². The molecule has 19 heavy (non-hydrogen) atoms. The van der Waals surface area contributed by atoms with E-state index in [-0.39, 0.29) is 10.3 Å². The van der Waals surface area contributed by atoms with Crippen molar-refractivity contribution in [3.63, 3.8) is 0 Å². The summed E-state index contributed by atoms with van der Waals surface area (Å²) in [5, 5.41) is 11.4. The molecule has 0 aliphatic carbocycles. The molecule has 2 aromatic rings. The number of halogens is 3. The van der Waals surface area contributed by atoms with Crippen LogP contribution in [0.25, 0.3) is 0 Å². The maximum Gasteiger partial charge on any atom is 0.338 e. The van der Waals surface area contributed by atoms with Gasteiger partial charge < -0.3 is 10.4 Å². The normalized spacial score (nSPS) is 10.3. The molecule has 0 spiro atoms. The Balaban J connectivity index is 2.35. The van der Waals surface area contributed by atoms with Gasteiger partial charge in [-0.3, -0.25) is 0 Å². The van der Waals surface area contributed by atoms with E-state index in [1.165, 1.54) is 24.4 Å². The number of carboxylic acid groups (broad SMARTS) is 1. The van der Waals surface area contributed by atoms with Gasteiger partial charge in [-0.1, -0.05) is 0 Å². The first kappa shape index (κ1) is 13.4. The van der Waals surface area contributed by atoms with Crippen LogP contribution in [-0.4, -0.2) is 16.1 Å². The van der Waals surface area contributed by atoms with Crippen molar-refractivity contribution in [1.82, 2.24) is 4.98 Å². The van der Waals surface area contributed by atoms with Crippen molar-refractivity contribution in [2.75, 3.05) is 5.32 Å². The number of nitrogens with one attached hydrogen (secondary N) is 1. The van der Waals surface area contributed by atoms with Crippen molar-refractivity contribution in [3.8, 4) is 0 Å². The van der Waals surface area contributed by atoms with E-state index in [9.17, 15) is 13.6 Å². The quantitative estimate of drug-likeness (QED) is 0.904. The van der Waals surface area contributed by atoms with Gasteiger partial charge in [0.2, 0.25) is 0 Å². The number of carbonyl (C=O) groups is 1. The van der Waals surface area contributed by atoms with Crippen LogP contribution in [0, 0.1) is 11.6 Å². The molecule has 0 aliphatic heterocycles. The third-order valence-electron chi connectivity index (χ3n) is 2.30. The molecule has 98 valence electrons. The summed E-state index contributed by atoms with van der Waals surface area (Å²) in [4.78, 5) is 14.5. The summed E-state index contributed by atoms with van der Waals surface area (Å²) in [5.41, 5.74) is -0.110. The van der Waals surface area contributed by atoms with Crippen molar-refractivity contribution < 1.29 is 18.7 Å². The van der Waals surface area contributed by atoms with Crippen LogP contribution in [0.2, 0.25) is 0 Å². The number of benzene rings is 1. The highest BCUT2D eigenvalue weighted by atomic mass is 79.9. The number of hydrogen-bond donors (Lipinski definition) is 2. The molecule has 0 aliphatic rings. The number of hydrogen-bond acceptors (Lipinski definition) is 3. The van der Waals surface area contributed by atoms with Crippen LogP contribution in [0.4, 0.5) is 20.3 Å². The monoisotopic (exact) mass is 328 g/mol. The summed E-state index contributed by atoms with van der Waals surface area (Å²) in [6.07, 6.45) is 1.17. The Kier molecular flexibility index (Phi) is 3.75. The summed E-state index contributed by atoms with van der Waals surface area (Å²) < 4.78 is 27.0. The fourth-order valence-electron chi connectivity index (χ4n) is 1.41. The summed E-state index contributed by atoms with van der Waals surface area (Å²) >= 11 is 2.99. The van der Waals surface area contributed by atoms with Crippen molar-refractivity contribution in [2.24, 2.45) is 0 Å². The Bertz CT molecular complexity index is 650. The summed E-state index contributed by atoms with van der Waals surface area (Å²) in [6, 6.07) is 5.02. The molecule has 2 rings (SSSR count). The van der Waals surface area contributed by atoms with Crippen molar-refractivity contribution in [2.45, 2.75) is 0 Å². The Morgan fingerprint density at radius 1 is 1.32 bits per heavy atom. The van der Waals surface area contributed by atoms with E-state index in [4.69, 9.17) is 5.11 Å². The third kappa shape index (κ3) is 2.87. The Morgan fingerprint density at radius 2 is 2.05 bits per heavy atom. The van der Waals surface area contributed by atoms with Gasteiger partial charge >= 0.3 is 5.97 Å². The zero-order valence-corrected chi connectivity index (χ0v) is 10.9. The lowest BCUT2D eigenvalue weighted by Crippen LogP contribution is -2.05. The molecule has 1 aromatic heterocycles. The summed E-state index contributed by atoms with van der Waals surface area (Å²) in [5.74, 6) is -3.06. The van der Waals surface area contributed by atoms with Gasteiger partial charge in [-0.2, -0.15) is 0 Å². The molecular formula is C12H7BrF2N2O2. The van der Waals surface area contributed by atoms with E-state index in [1.54, 1.807) is 0 Å². The molecule has 0 atom stereocenters. The van der Waals surface area contributed by atoms with Gasteiger partial charge in [0.1, 0.15) is 11.4 Å². The van der Waals surface area contributed by atoms with E-state index in [2.05, 4.69) is 26.2 Å². The molecule has 0 radical (unpaired) electrons. The standard InChI is InChI=1S/C12H7BrF2N2O2/c13-8-5-6(1-2-9(8)14)17-11-10(15)7(12(18)19)3-4-16-11/h1-5H,(H,16,17)(H,18,19). The Hall–Kier alpha value is -2.02. The van der Waals surface area contributed by atoms with Crippen LogP contribution in [0.5, 0.6) is 0 Å². The van der Waals surface area contributed by atoms with Crippen molar-refractivity contribution >= 4 is 33.4 Å². The summed E-state index contributed by atoms with van der Waals surface area (Å²) in [7, 11) is 0. The smallest absolute Gasteiger partial charge is 0.338 e. The molecule has 2 N–H and O–H groups in total. The van der Waals surface area contributed by atoms with Crippen molar-refractivity contribution in [3.05, 3.63) is 52.1 Å². The lowest BCUT2D eigenvalue weighted by molar-refractivity contribution is 0.0692. The van der Waals surface area contributed by atoms with Gasteiger partial charge in [0.05, 0.1) is 4.47 Å². The van der Waals surface area contributed by atoms with E-state index in [0.29, 0.717) is 5.69 Å². The molecule has 1 aromatic carbocycles. The highest BCUT2D eigenvalue weighted by Gasteiger charge is 2.15. The SMILES string of the molecule is O=C(O)c1ccnc(Nc2ccc(F)c(Br)c2)c1F. The lowest BCUT2D eigenvalue weighted by Gasteiger charge is -2.08. The van der Waals surface area contributed by atoms with E-state index in [1.807, 2.05) is 0 Å². The van der Waals surface area contributed by atoms with E-state index in [0.717, 1.165) is 6.07 Å². The topological polar surface area (TPSA) is 62.2 Å². The van der Waals surface area contributed by atoms with Gasteiger partial charge in [0.15, 0.2) is 11.6 Å². The minimum Gasteiger partial charge on any atom is -0.478 e. The fraction of sp³-hybridized carbons (Fsp3) is 0. The van der Waals surface area contributed by atoms with Crippen LogP contribution in [0.3, 0.4) is 0 Å². The number of nitrogens with zero attached hydrogens (tertiary/aromatic N) is 1. The van der Waals surface area contributed by atoms with Crippen LogP contribution in [0.15, 0.2) is 34.9 Å². The molecule has 0 fully saturated rings. The number of pyridine rings is 1. The van der Waals surface area contributed by atoms with E-state index >= 15 is 0 Å². The second-order valence-electron chi connectivity index (χ2n) is 3.58. The molecule has 4 nitrogen and oxygen atoms in total. The number of aromatic carboxylic acids is 1. The highest BCUT2D eigenvalue weighted by molar-refractivity contribution is 9.10. The molecular weight excluding hydrogens is 322 g/mol. The maximum atomic E-state index is 13.8. The first-order chi connectivity index (χ1) is 8.99. The first-order valence-corrected chi connectivity index (χ1v) is 5.88. The van der Waals surface area contributed by atoms with Crippen molar-refractivity contribution in [1.29, 1.82) is 0 Å². The van der Waals surface area contributed by atoms with Gasteiger partial charge in [-0.25, -0.2) is 18.6 Å². The average Bonchev–Trinajstić information content (AvgIpc) is 2.36. The first-order valence-electron chi connectivity index (χ1n) is 5.09. The molecule has 0 unspecified atom stereocenters. The lowest BCUT2D eigenvalue weighted by atomic mass is 10.2. The third-order valence-corrected chi connectivity index (χ3v) is 2.91. The largest absolute Gasteiger partial charge is 0.478 e. The zero-order chi connectivity index (χ0) is 14.0. The van der Waals surface area contributed by atoms with E-state index < -0.39 is 23.2 Å². The van der Waals surface area contributed by atoms with Crippen LogP contribution < -0.4 is 5.32 Å². The molecule has 0 amide bonds. The predicted octanol–water partition coefficient (Wildman–Crippen LogP) is 3.56. The second-order valence-corrected chi connectivity index (χ2v) is 4.43. The Labute approximate surface area is 115 Å². The fourth-order valence-corrected chi connectivity index (χ4v) is 1.79. The van der Waals surface area contributed by atoms with Gasteiger partial charge in [-0.15, -0.1) is 0 Å². The number of rotatable bonds is 3. The van der Waals surface area contributed by atoms with Gasteiger partial charge in [0, 0.05) is 11.9 Å². The number of carboxylic acids is 1. The Morgan fingerprint density at radius 3 is 2.68 bits per heavy atom. The molecule has 0 bridgehead atoms. The molecule has 7 heteroatoms. The maximum absolute atomic E-state index is 13.8. The average molecular weight is 329 g/mol.